The van der Waals surface area contributed by atoms with Crippen LogP contribution in [0, 0.1) is 0 Å². The highest BCUT2D eigenvalue weighted by atomic mass is 19.4. The summed E-state index contributed by atoms with van der Waals surface area (Å²) in [4.78, 5) is 45.1. The molecule has 1 saturated heterocycles. The number of H-pyrrole nitrogens is 1. The third-order valence-electron chi connectivity index (χ3n) is 5.11. The third-order valence-corrected chi connectivity index (χ3v) is 5.11. The standard InChI is InChI=1S/C10H11F3N4O.C10H12F3N3O2/c11-10(12,13)8-5-14-9(15-6-8)17-3-1-16(7-18)2-4-17;1-3-16(2)8(17)5-6-4-7(10(11,12)13)9(18)15-14-6/h5-7H,1-4H2;4H,3,5H2,1-2H3,(H,15,18). The Morgan fingerprint density at radius 2 is 1.67 bits per heavy atom. The summed E-state index contributed by atoms with van der Waals surface area (Å²) < 4.78 is 74.3. The molecule has 3 heterocycles. The van der Waals surface area contributed by atoms with E-state index in [1.54, 1.807) is 21.8 Å². The summed E-state index contributed by atoms with van der Waals surface area (Å²) in [6, 6.07) is 0.597. The summed E-state index contributed by atoms with van der Waals surface area (Å²) in [5, 5.41) is 5.17. The fourth-order valence-corrected chi connectivity index (χ4v) is 2.87. The molecule has 0 unspecified atom stereocenters. The first-order valence-corrected chi connectivity index (χ1v) is 10.5. The van der Waals surface area contributed by atoms with Crippen molar-refractivity contribution in [1.82, 2.24) is 30.0 Å². The Morgan fingerprint density at radius 1 is 1.08 bits per heavy atom. The highest BCUT2D eigenvalue weighted by molar-refractivity contribution is 5.78. The molecule has 0 saturated carbocycles. The van der Waals surface area contributed by atoms with Crippen LogP contribution < -0.4 is 10.5 Å². The molecule has 0 aliphatic carbocycles. The van der Waals surface area contributed by atoms with E-state index in [-0.39, 0.29) is 24.0 Å². The zero-order chi connectivity index (χ0) is 27.1. The van der Waals surface area contributed by atoms with E-state index in [0.29, 0.717) is 38.8 Å². The number of hydrogen-bond donors (Lipinski definition) is 1. The van der Waals surface area contributed by atoms with Crippen molar-refractivity contribution in [2.45, 2.75) is 25.7 Å². The number of carbonyl (C=O) groups is 2. The summed E-state index contributed by atoms with van der Waals surface area (Å²) in [5.41, 5.74) is -3.65. The van der Waals surface area contributed by atoms with Gasteiger partial charge in [-0.15, -0.1) is 0 Å². The van der Waals surface area contributed by atoms with Crippen LogP contribution in [0.1, 0.15) is 23.7 Å². The second-order valence-corrected chi connectivity index (χ2v) is 7.58. The van der Waals surface area contributed by atoms with E-state index in [4.69, 9.17) is 0 Å². The Morgan fingerprint density at radius 3 is 2.14 bits per heavy atom. The zero-order valence-electron chi connectivity index (χ0n) is 19.2. The molecule has 0 spiro atoms. The van der Waals surface area contributed by atoms with Crippen LogP contribution in [0.3, 0.4) is 0 Å². The van der Waals surface area contributed by atoms with Crippen molar-refractivity contribution < 1.29 is 35.9 Å². The van der Waals surface area contributed by atoms with Gasteiger partial charge in [0.25, 0.3) is 5.56 Å². The molecule has 0 bridgehead atoms. The fourth-order valence-electron chi connectivity index (χ4n) is 2.87. The molecule has 1 aliphatic rings. The smallest absolute Gasteiger partial charge is 0.346 e. The van der Waals surface area contributed by atoms with E-state index in [1.165, 1.54) is 11.9 Å². The van der Waals surface area contributed by atoms with Crippen molar-refractivity contribution in [2.75, 3.05) is 44.7 Å². The molecule has 3 rings (SSSR count). The van der Waals surface area contributed by atoms with E-state index in [9.17, 15) is 40.7 Å². The number of rotatable bonds is 5. The van der Waals surface area contributed by atoms with Gasteiger partial charge in [0, 0.05) is 52.2 Å². The van der Waals surface area contributed by atoms with Crippen LogP contribution in [0.5, 0.6) is 0 Å². The van der Waals surface area contributed by atoms with Gasteiger partial charge >= 0.3 is 12.4 Å². The molecule has 2 aromatic rings. The molecule has 0 aromatic carbocycles. The number of anilines is 1. The van der Waals surface area contributed by atoms with Gasteiger partial charge in [-0.2, -0.15) is 31.4 Å². The lowest BCUT2D eigenvalue weighted by molar-refractivity contribution is -0.139. The van der Waals surface area contributed by atoms with Crippen molar-refractivity contribution in [3.8, 4) is 0 Å². The first-order valence-electron chi connectivity index (χ1n) is 10.5. The van der Waals surface area contributed by atoms with Crippen LogP contribution >= 0.6 is 0 Å². The zero-order valence-corrected chi connectivity index (χ0v) is 19.2. The molecule has 2 amide bonds. The molecule has 10 nitrogen and oxygen atoms in total. The van der Waals surface area contributed by atoms with Crippen molar-refractivity contribution in [2.24, 2.45) is 0 Å². The molecule has 198 valence electrons. The van der Waals surface area contributed by atoms with Crippen molar-refractivity contribution in [3.05, 3.63) is 45.6 Å². The summed E-state index contributed by atoms with van der Waals surface area (Å²) in [6.07, 6.45) is -7.17. The molecule has 1 aliphatic heterocycles. The van der Waals surface area contributed by atoms with Gasteiger partial charge in [-0.25, -0.2) is 15.1 Å². The molecule has 0 atom stereocenters. The summed E-state index contributed by atoms with van der Waals surface area (Å²) >= 11 is 0. The lowest BCUT2D eigenvalue weighted by Gasteiger charge is -2.32. The van der Waals surface area contributed by atoms with E-state index in [2.05, 4.69) is 15.1 Å². The number of aromatic nitrogens is 4. The van der Waals surface area contributed by atoms with Gasteiger partial charge in [0.2, 0.25) is 18.3 Å². The Kier molecular flexibility index (Phi) is 9.35. The quantitative estimate of drug-likeness (QED) is 0.468. The maximum Gasteiger partial charge on any atom is 0.421 e. The minimum atomic E-state index is -4.76. The lowest BCUT2D eigenvalue weighted by Crippen LogP contribution is -2.46. The van der Waals surface area contributed by atoms with Crippen LogP contribution in [0.25, 0.3) is 0 Å². The second kappa shape index (κ2) is 11.8. The first kappa shape index (κ1) is 28.5. The number of aromatic amines is 1. The summed E-state index contributed by atoms with van der Waals surface area (Å²) in [6.45, 7) is 4.25. The molecule has 0 radical (unpaired) electrons. The normalized spacial score (nSPS) is 14.1. The minimum Gasteiger partial charge on any atom is -0.346 e. The number of nitrogens with one attached hydrogen (secondary N) is 1. The van der Waals surface area contributed by atoms with E-state index in [0.717, 1.165) is 18.8 Å². The molecule has 2 aromatic heterocycles. The second-order valence-electron chi connectivity index (χ2n) is 7.58. The average molecular weight is 523 g/mol. The molecule has 1 N–H and O–H groups in total. The van der Waals surface area contributed by atoms with E-state index < -0.39 is 29.0 Å². The average Bonchev–Trinajstić information content (AvgIpc) is 2.84. The number of carbonyl (C=O) groups excluding carboxylic acids is 2. The summed E-state index contributed by atoms with van der Waals surface area (Å²) in [5.74, 6) is -0.112. The number of amides is 2. The van der Waals surface area contributed by atoms with Gasteiger partial charge in [0.15, 0.2) is 0 Å². The fraction of sp³-hybridized carbons (Fsp3) is 0.500. The monoisotopic (exact) mass is 523 g/mol. The third kappa shape index (κ3) is 7.91. The van der Waals surface area contributed by atoms with Crippen LogP contribution in [0.15, 0.2) is 23.3 Å². The predicted molar refractivity (Wildman–Crippen MR) is 114 cm³/mol. The largest absolute Gasteiger partial charge is 0.421 e. The Hall–Kier alpha value is -3.72. The SMILES string of the molecule is CCN(C)C(=O)Cc1cc(C(F)(F)F)c(=O)[nH]n1.O=CN1CCN(c2ncc(C(F)(F)F)cn2)CC1. The predicted octanol–water partition coefficient (Wildman–Crippen LogP) is 1.58. The molecule has 16 heteroatoms. The van der Waals surface area contributed by atoms with Crippen molar-refractivity contribution in [3.63, 3.8) is 0 Å². The molecular weight excluding hydrogens is 500 g/mol. The van der Waals surface area contributed by atoms with Gasteiger partial charge in [0.05, 0.1) is 17.7 Å². The van der Waals surface area contributed by atoms with Crippen LogP contribution in [-0.2, 0) is 28.4 Å². The number of halogens is 6. The summed E-state index contributed by atoms with van der Waals surface area (Å²) in [7, 11) is 1.53. The van der Waals surface area contributed by atoms with Gasteiger partial charge in [0.1, 0.15) is 5.56 Å². The maximum absolute atomic E-state index is 12.4. The highest BCUT2D eigenvalue weighted by Gasteiger charge is 2.34. The lowest BCUT2D eigenvalue weighted by atomic mass is 10.2. The van der Waals surface area contributed by atoms with Gasteiger partial charge < -0.3 is 14.7 Å². The molecular formula is C20H23F6N7O3. The Balaban J connectivity index is 0.000000254. The number of likely N-dealkylation sites (N-methyl/N-ethyl adjacent to an activating group) is 1. The Bertz CT molecular complexity index is 1080. The van der Waals surface area contributed by atoms with Crippen molar-refractivity contribution in [1.29, 1.82) is 0 Å². The van der Waals surface area contributed by atoms with Crippen LogP contribution in [0.2, 0.25) is 0 Å². The topological polar surface area (TPSA) is 115 Å². The number of alkyl halides is 6. The van der Waals surface area contributed by atoms with Crippen molar-refractivity contribution >= 4 is 18.3 Å². The van der Waals surface area contributed by atoms with E-state index in [1.807, 2.05) is 0 Å². The van der Waals surface area contributed by atoms with Gasteiger partial charge in [-0.05, 0) is 13.0 Å². The van der Waals surface area contributed by atoms with Crippen LogP contribution in [0.4, 0.5) is 32.3 Å². The van der Waals surface area contributed by atoms with Gasteiger partial charge in [-0.1, -0.05) is 0 Å². The maximum atomic E-state index is 12.4. The van der Waals surface area contributed by atoms with Crippen LogP contribution in [-0.4, -0.2) is 82.1 Å². The molecule has 1 fully saturated rings. The molecule has 36 heavy (non-hydrogen) atoms. The van der Waals surface area contributed by atoms with E-state index >= 15 is 0 Å². The Labute approximate surface area is 200 Å². The first-order chi connectivity index (χ1) is 16.8. The minimum absolute atomic E-state index is 0.118. The number of piperazine rings is 1. The highest BCUT2D eigenvalue weighted by Crippen LogP contribution is 2.28. The number of nitrogens with zero attached hydrogens (tertiary/aromatic N) is 6. The number of hydrogen-bond acceptors (Lipinski definition) is 7. The van der Waals surface area contributed by atoms with Gasteiger partial charge in [-0.3, -0.25) is 14.4 Å².